The minimum Gasteiger partial charge on any atom is -0.342 e. The molecule has 0 aromatic heterocycles. The van der Waals surface area contributed by atoms with E-state index in [0.29, 0.717) is 18.5 Å². The van der Waals surface area contributed by atoms with Gasteiger partial charge in [0.2, 0.25) is 5.91 Å². The van der Waals surface area contributed by atoms with Crippen LogP contribution in [0.3, 0.4) is 0 Å². The molecule has 1 N–H and O–H groups in total. The van der Waals surface area contributed by atoms with E-state index in [9.17, 15) is 4.79 Å². The molecule has 86 valence electrons. The van der Waals surface area contributed by atoms with Crippen molar-refractivity contribution in [1.82, 2.24) is 10.2 Å². The van der Waals surface area contributed by atoms with Crippen molar-refractivity contribution < 1.29 is 4.79 Å². The molecular weight excluding hydrogens is 188 g/mol. The van der Waals surface area contributed by atoms with E-state index in [2.05, 4.69) is 12.2 Å². The summed E-state index contributed by atoms with van der Waals surface area (Å²) in [5, 5.41) is 3.42. The summed E-state index contributed by atoms with van der Waals surface area (Å²) < 4.78 is 0. The molecule has 0 bridgehead atoms. The first kappa shape index (κ1) is 10.9. The van der Waals surface area contributed by atoms with Gasteiger partial charge in [-0.25, -0.2) is 0 Å². The standard InChI is InChI=1S/C12H22N2O/c1-2-11(10-5-6-10)13-9-12(15)14-7-3-4-8-14/h10-11,13H,2-9H2,1H3. The number of nitrogens with one attached hydrogen (secondary N) is 1. The number of carbonyl (C=O) groups excluding carboxylic acids is 1. The van der Waals surface area contributed by atoms with Crippen molar-refractivity contribution in [2.45, 2.75) is 45.1 Å². The molecule has 1 saturated heterocycles. The van der Waals surface area contributed by atoms with Crippen molar-refractivity contribution in [3.8, 4) is 0 Å². The summed E-state index contributed by atoms with van der Waals surface area (Å²) >= 11 is 0. The summed E-state index contributed by atoms with van der Waals surface area (Å²) in [6.45, 7) is 4.70. The predicted octanol–water partition coefficient (Wildman–Crippen LogP) is 1.39. The maximum atomic E-state index is 11.8. The second kappa shape index (κ2) is 4.97. The van der Waals surface area contributed by atoms with Gasteiger partial charge in [0, 0.05) is 19.1 Å². The summed E-state index contributed by atoms with van der Waals surface area (Å²) in [5.74, 6) is 1.15. The molecule has 3 heteroatoms. The highest BCUT2D eigenvalue weighted by Gasteiger charge is 2.30. The first-order valence-corrected chi connectivity index (χ1v) is 6.32. The SMILES string of the molecule is CCC(NCC(=O)N1CCCC1)C1CC1. The predicted molar refractivity (Wildman–Crippen MR) is 60.6 cm³/mol. The highest BCUT2D eigenvalue weighted by Crippen LogP contribution is 2.33. The Morgan fingerprint density at radius 3 is 2.60 bits per heavy atom. The second-order valence-electron chi connectivity index (χ2n) is 4.82. The van der Waals surface area contributed by atoms with Gasteiger partial charge < -0.3 is 10.2 Å². The molecule has 1 unspecified atom stereocenters. The molecule has 1 aliphatic carbocycles. The lowest BCUT2D eigenvalue weighted by Gasteiger charge is -2.19. The van der Waals surface area contributed by atoms with Gasteiger partial charge in [-0.15, -0.1) is 0 Å². The first-order valence-electron chi connectivity index (χ1n) is 6.32. The smallest absolute Gasteiger partial charge is 0.236 e. The normalized spacial score (nSPS) is 23.1. The third kappa shape index (κ3) is 2.94. The van der Waals surface area contributed by atoms with Crippen LogP contribution in [0.15, 0.2) is 0 Å². The second-order valence-corrected chi connectivity index (χ2v) is 4.82. The minimum absolute atomic E-state index is 0.298. The van der Waals surface area contributed by atoms with Crippen LogP contribution < -0.4 is 5.32 Å². The number of rotatable bonds is 5. The maximum Gasteiger partial charge on any atom is 0.236 e. The molecular formula is C12H22N2O. The molecule has 0 radical (unpaired) electrons. The van der Waals surface area contributed by atoms with Crippen molar-refractivity contribution in [2.75, 3.05) is 19.6 Å². The van der Waals surface area contributed by atoms with Crippen molar-refractivity contribution >= 4 is 5.91 Å². The molecule has 1 heterocycles. The van der Waals surface area contributed by atoms with Gasteiger partial charge in [-0.05, 0) is 38.0 Å². The zero-order valence-corrected chi connectivity index (χ0v) is 9.67. The van der Waals surface area contributed by atoms with Crippen LogP contribution in [0.4, 0.5) is 0 Å². The lowest BCUT2D eigenvalue weighted by Crippen LogP contribution is -2.41. The van der Waals surface area contributed by atoms with Gasteiger partial charge in [0.25, 0.3) is 0 Å². The fourth-order valence-electron chi connectivity index (χ4n) is 2.44. The van der Waals surface area contributed by atoms with Gasteiger partial charge in [0.1, 0.15) is 0 Å². The molecule has 2 rings (SSSR count). The number of nitrogens with zero attached hydrogens (tertiary/aromatic N) is 1. The van der Waals surface area contributed by atoms with Crippen LogP contribution in [-0.4, -0.2) is 36.5 Å². The van der Waals surface area contributed by atoms with Gasteiger partial charge in [-0.2, -0.15) is 0 Å². The Bertz CT molecular complexity index is 220. The molecule has 1 aliphatic heterocycles. The van der Waals surface area contributed by atoms with Crippen molar-refractivity contribution in [3.63, 3.8) is 0 Å². The van der Waals surface area contributed by atoms with E-state index in [-0.39, 0.29) is 0 Å². The molecule has 1 saturated carbocycles. The zero-order valence-electron chi connectivity index (χ0n) is 9.67. The summed E-state index contributed by atoms with van der Waals surface area (Å²) in [5.41, 5.74) is 0. The molecule has 1 atom stereocenters. The zero-order chi connectivity index (χ0) is 10.7. The van der Waals surface area contributed by atoms with E-state index in [1.54, 1.807) is 0 Å². The van der Waals surface area contributed by atoms with Crippen LogP contribution in [0, 0.1) is 5.92 Å². The van der Waals surface area contributed by atoms with Crippen molar-refractivity contribution in [3.05, 3.63) is 0 Å². The summed E-state index contributed by atoms with van der Waals surface area (Å²) in [7, 11) is 0. The Morgan fingerprint density at radius 1 is 1.40 bits per heavy atom. The average Bonchev–Trinajstić information content (AvgIpc) is 2.94. The molecule has 2 aliphatic rings. The number of likely N-dealkylation sites (tertiary alicyclic amines) is 1. The minimum atomic E-state index is 0.298. The third-order valence-electron chi connectivity index (χ3n) is 3.61. The molecule has 0 aromatic carbocycles. The third-order valence-corrected chi connectivity index (χ3v) is 3.61. The highest BCUT2D eigenvalue weighted by atomic mass is 16.2. The van der Waals surface area contributed by atoms with Crippen LogP contribution in [0.25, 0.3) is 0 Å². The first-order chi connectivity index (χ1) is 7.31. The van der Waals surface area contributed by atoms with Crippen molar-refractivity contribution in [1.29, 1.82) is 0 Å². The lowest BCUT2D eigenvalue weighted by atomic mass is 10.1. The van der Waals surface area contributed by atoms with E-state index < -0.39 is 0 Å². The van der Waals surface area contributed by atoms with Gasteiger partial charge >= 0.3 is 0 Å². The van der Waals surface area contributed by atoms with E-state index in [1.807, 2.05) is 4.90 Å². The van der Waals surface area contributed by atoms with E-state index in [1.165, 1.54) is 25.7 Å². The van der Waals surface area contributed by atoms with Crippen LogP contribution >= 0.6 is 0 Å². The number of hydrogen-bond donors (Lipinski definition) is 1. The Kier molecular flexibility index (Phi) is 3.62. The molecule has 0 spiro atoms. The number of amides is 1. The fourth-order valence-corrected chi connectivity index (χ4v) is 2.44. The largest absolute Gasteiger partial charge is 0.342 e. The van der Waals surface area contributed by atoms with Gasteiger partial charge in [-0.1, -0.05) is 6.92 Å². The Labute approximate surface area is 92.2 Å². The summed E-state index contributed by atoms with van der Waals surface area (Å²) in [6, 6.07) is 0.580. The van der Waals surface area contributed by atoms with Gasteiger partial charge in [-0.3, -0.25) is 4.79 Å². The van der Waals surface area contributed by atoms with E-state index >= 15 is 0 Å². The molecule has 2 fully saturated rings. The molecule has 3 nitrogen and oxygen atoms in total. The molecule has 1 amide bonds. The monoisotopic (exact) mass is 210 g/mol. The fraction of sp³-hybridized carbons (Fsp3) is 0.917. The molecule has 0 aromatic rings. The van der Waals surface area contributed by atoms with Crippen LogP contribution in [0.5, 0.6) is 0 Å². The Morgan fingerprint density at radius 2 is 2.07 bits per heavy atom. The van der Waals surface area contributed by atoms with Crippen LogP contribution in [0.1, 0.15) is 39.0 Å². The number of hydrogen-bond acceptors (Lipinski definition) is 2. The molecule has 15 heavy (non-hydrogen) atoms. The number of carbonyl (C=O) groups is 1. The quantitative estimate of drug-likeness (QED) is 0.743. The summed E-state index contributed by atoms with van der Waals surface area (Å²) in [6.07, 6.45) is 6.22. The lowest BCUT2D eigenvalue weighted by molar-refractivity contribution is -0.129. The average molecular weight is 210 g/mol. The van der Waals surface area contributed by atoms with Gasteiger partial charge in [0.05, 0.1) is 6.54 Å². The topological polar surface area (TPSA) is 32.3 Å². The Balaban J connectivity index is 1.69. The van der Waals surface area contributed by atoms with E-state index in [4.69, 9.17) is 0 Å². The van der Waals surface area contributed by atoms with Crippen LogP contribution in [-0.2, 0) is 4.79 Å². The maximum absolute atomic E-state index is 11.8. The summed E-state index contributed by atoms with van der Waals surface area (Å²) in [4.78, 5) is 13.8. The van der Waals surface area contributed by atoms with E-state index in [0.717, 1.165) is 25.4 Å². The van der Waals surface area contributed by atoms with Crippen molar-refractivity contribution in [2.24, 2.45) is 5.92 Å². The Hall–Kier alpha value is -0.570. The highest BCUT2D eigenvalue weighted by molar-refractivity contribution is 5.78. The van der Waals surface area contributed by atoms with Gasteiger partial charge in [0.15, 0.2) is 0 Å². The van der Waals surface area contributed by atoms with Crippen LogP contribution in [0.2, 0.25) is 0 Å².